The van der Waals surface area contributed by atoms with Gasteiger partial charge in [0.25, 0.3) is 0 Å². The van der Waals surface area contributed by atoms with E-state index in [-0.39, 0.29) is 29.1 Å². The second-order valence-electron chi connectivity index (χ2n) is 6.71. The lowest BCUT2D eigenvalue weighted by molar-refractivity contribution is -0.274. The van der Waals surface area contributed by atoms with E-state index in [1.165, 1.54) is 18.2 Å². The fourth-order valence-corrected chi connectivity index (χ4v) is 2.62. The van der Waals surface area contributed by atoms with Crippen molar-refractivity contribution in [2.75, 3.05) is 10.6 Å². The van der Waals surface area contributed by atoms with Gasteiger partial charge >= 0.3 is 6.36 Å². The quantitative estimate of drug-likeness (QED) is 0.457. The summed E-state index contributed by atoms with van der Waals surface area (Å²) in [7, 11) is 0. The number of benzene rings is 2. The minimum absolute atomic E-state index is 0.0556. The highest BCUT2D eigenvalue weighted by Crippen LogP contribution is 2.30. The Morgan fingerprint density at radius 3 is 2.23 bits per heavy atom. The summed E-state index contributed by atoms with van der Waals surface area (Å²) in [5.74, 6) is -3.94. The van der Waals surface area contributed by atoms with Crippen LogP contribution in [0.5, 0.6) is 5.75 Å². The lowest BCUT2D eigenvalue weighted by Crippen LogP contribution is -2.17. The first kappa shape index (κ1) is 22.2. The monoisotopic (exact) mass is 442 g/mol. The average molecular weight is 442 g/mol. The third kappa shape index (κ3) is 6.00. The molecule has 3 aromatic rings. The number of anilines is 3. The van der Waals surface area contributed by atoms with Crippen LogP contribution in [0.4, 0.5) is 43.8 Å². The second kappa shape index (κ2) is 8.70. The van der Waals surface area contributed by atoms with Crippen LogP contribution in [0.1, 0.15) is 13.8 Å². The van der Waals surface area contributed by atoms with Gasteiger partial charge in [-0.05, 0) is 26.0 Å². The zero-order chi connectivity index (χ0) is 22.8. The van der Waals surface area contributed by atoms with Crippen LogP contribution >= 0.6 is 0 Å². The zero-order valence-electron chi connectivity index (χ0n) is 16.2. The van der Waals surface area contributed by atoms with Crippen LogP contribution in [0.3, 0.4) is 0 Å². The van der Waals surface area contributed by atoms with Gasteiger partial charge in [0.15, 0.2) is 11.6 Å². The van der Waals surface area contributed by atoms with Crippen molar-refractivity contribution >= 4 is 17.5 Å². The van der Waals surface area contributed by atoms with E-state index in [1.807, 2.05) is 0 Å². The van der Waals surface area contributed by atoms with E-state index in [0.29, 0.717) is 12.1 Å². The van der Waals surface area contributed by atoms with Gasteiger partial charge in [0.1, 0.15) is 23.1 Å². The Labute approximate surface area is 173 Å². The van der Waals surface area contributed by atoms with Crippen molar-refractivity contribution in [1.82, 2.24) is 9.97 Å². The topological polar surface area (TPSA) is 59.1 Å². The molecule has 164 valence electrons. The number of nitrogens with one attached hydrogen (secondary N) is 2. The van der Waals surface area contributed by atoms with E-state index in [4.69, 9.17) is 0 Å². The number of rotatable bonds is 6. The van der Waals surface area contributed by atoms with E-state index >= 15 is 0 Å². The van der Waals surface area contributed by atoms with Gasteiger partial charge in [-0.1, -0.05) is 12.1 Å². The fourth-order valence-electron chi connectivity index (χ4n) is 2.62. The van der Waals surface area contributed by atoms with Crippen LogP contribution in [-0.4, -0.2) is 22.4 Å². The highest BCUT2D eigenvalue weighted by atomic mass is 19.4. The third-order valence-corrected chi connectivity index (χ3v) is 3.77. The van der Waals surface area contributed by atoms with Crippen molar-refractivity contribution in [3.8, 4) is 17.0 Å². The summed E-state index contributed by atoms with van der Waals surface area (Å²) in [6.45, 7) is 3.58. The Balaban J connectivity index is 2.03. The molecule has 0 aliphatic rings. The van der Waals surface area contributed by atoms with Gasteiger partial charge in [0.05, 0.1) is 5.69 Å². The number of halogens is 6. The summed E-state index contributed by atoms with van der Waals surface area (Å²) < 4.78 is 82.7. The summed E-state index contributed by atoms with van der Waals surface area (Å²) in [5, 5.41) is 5.34. The Morgan fingerprint density at radius 1 is 0.935 bits per heavy atom. The highest BCUT2D eigenvalue weighted by Gasteiger charge is 2.31. The first-order valence-corrected chi connectivity index (χ1v) is 8.93. The van der Waals surface area contributed by atoms with E-state index in [0.717, 1.165) is 12.1 Å². The molecule has 0 saturated carbocycles. The van der Waals surface area contributed by atoms with Gasteiger partial charge in [-0.3, -0.25) is 0 Å². The van der Waals surface area contributed by atoms with Gasteiger partial charge < -0.3 is 15.4 Å². The van der Waals surface area contributed by atoms with Crippen molar-refractivity contribution in [1.29, 1.82) is 0 Å². The Kier molecular flexibility index (Phi) is 6.23. The number of hydrogen-bond donors (Lipinski definition) is 2. The molecule has 5 nitrogen and oxygen atoms in total. The van der Waals surface area contributed by atoms with E-state index in [1.54, 1.807) is 13.8 Å². The molecular formula is C20H16F6N4O. The molecule has 11 heteroatoms. The standard InChI is InChI=1S/C20H16F6N4O/c1-10(2)27-19-28-16(11-4-3-5-13(6-11)31-20(24,25)26)9-17(30-19)29-18-14(22)7-12(21)8-15(18)23/h3-10H,1-2H3,(H2,27,28,29,30). The minimum atomic E-state index is -4.88. The normalized spacial score (nSPS) is 11.5. The molecule has 0 amide bonds. The molecule has 3 rings (SSSR count). The molecule has 0 aliphatic carbocycles. The minimum Gasteiger partial charge on any atom is -0.406 e. The lowest BCUT2D eigenvalue weighted by Gasteiger charge is -2.14. The second-order valence-corrected chi connectivity index (χ2v) is 6.71. The maximum atomic E-state index is 14.0. The maximum absolute atomic E-state index is 14.0. The van der Waals surface area contributed by atoms with Gasteiger partial charge in [-0.25, -0.2) is 18.2 Å². The van der Waals surface area contributed by atoms with Crippen molar-refractivity contribution in [2.24, 2.45) is 0 Å². The Hall–Kier alpha value is -3.50. The van der Waals surface area contributed by atoms with Gasteiger partial charge in [0.2, 0.25) is 5.95 Å². The molecule has 0 unspecified atom stereocenters. The summed E-state index contributed by atoms with van der Waals surface area (Å²) in [6.07, 6.45) is -4.88. The summed E-state index contributed by atoms with van der Waals surface area (Å²) in [6, 6.07) is 7.19. The molecular weight excluding hydrogens is 426 g/mol. The molecule has 0 radical (unpaired) electrons. The molecule has 0 fully saturated rings. The molecule has 2 aromatic carbocycles. The smallest absolute Gasteiger partial charge is 0.406 e. The van der Waals surface area contributed by atoms with Crippen LogP contribution in [-0.2, 0) is 0 Å². The number of aromatic nitrogens is 2. The van der Waals surface area contributed by atoms with Crippen LogP contribution in [0.15, 0.2) is 42.5 Å². The molecule has 0 spiro atoms. The van der Waals surface area contributed by atoms with E-state index in [2.05, 4.69) is 25.3 Å². The number of nitrogens with zero attached hydrogens (tertiary/aromatic N) is 2. The van der Waals surface area contributed by atoms with Crippen LogP contribution in [0.2, 0.25) is 0 Å². The number of hydrogen-bond acceptors (Lipinski definition) is 5. The molecule has 0 atom stereocenters. The highest BCUT2D eigenvalue weighted by molar-refractivity contribution is 5.68. The van der Waals surface area contributed by atoms with Crippen LogP contribution < -0.4 is 15.4 Å². The summed E-state index contributed by atoms with van der Waals surface area (Å²) in [4.78, 5) is 8.34. The fraction of sp³-hybridized carbons (Fsp3) is 0.200. The SMILES string of the molecule is CC(C)Nc1nc(Nc2c(F)cc(F)cc2F)cc(-c2cccc(OC(F)(F)F)c2)n1. The summed E-state index contributed by atoms with van der Waals surface area (Å²) in [5.41, 5.74) is -0.258. The number of ether oxygens (including phenoxy) is 1. The Bertz CT molecular complexity index is 1060. The lowest BCUT2D eigenvalue weighted by atomic mass is 10.1. The molecule has 2 N–H and O–H groups in total. The van der Waals surface area contributed by atoms with Crippen molar-refractivity contribution in [3.05, 3.63) is 59.9 Å². The van der Waals surface area contributed by atoms with Crippen LogP contribution in [0.25, 0.3) is 11.3 Å². The van der Waals surface area contributed by atoms with Crippen molar-refractivity contribution < 1.29 is 31.1 Å². The molecule has 31 heavy (non-hydrogen) atoms. The zero-order valence-corrected chi connectivity index (χ0v) is 16.2. The van der Waals surface area contributed by atoms with E-state index in [9.17, 15) is 26.3 Å². The molecule has 0 aliphatic heterocycles. The first-order chi connectivity index (χ1) is 14.5. The molecule has 0 bridgehead atoms. The Morgan fingerprint density at radius 2 is 1.61 bits per heavy atom. The largest absolute Gasteiger partial charge is 0.573 e. The van der Waals surface area contributed by atoms with E-state index < -0.39 is 35.3 Å². The molecule has 0 saturated heterocycles. The predicted molar refractivity (Wildman–Crippen MR) is 103 cm³/mol. The first-order valence-electron chi connectivity index (χ1n) is 8.93. The molecule has 1 aromatic heterocycles. The number of alkyl halides is 3. The predicted octanol–water partition coefficient (Wildman–Crippen LogP) is 6.02. The van der Waals surface area contributed by atoms with Gasteiger partial charge in [0, 0.05) is 29.8 Å². The van der Waals surface area contributed by atoms with Crippen molar-refractivity contribution in [2.45, 2.75) is 26.3 Å². The third-order valence-electron chi connectivity index (χ3n) is 3.77. The van der Waals surface area contributed by atoms with Crippen molar-refractivity contribution in [3.63, 3.8) is 0 Å². The van der Waals surface area contributed by atoms with Gasteiger partial charge in [-0.15, -0.1) is 13.2 Å². The summed E-state index contributed by atoms with van der Waals surface area (Å²) >= 11 is 0. The van der Waals surface area contributed by atoms with Crippen LogP contribution in [0, 0.1) is 17.5 Å². The molecule has 1 heterocycles. The maximum Gasteiger partial charge on any atom is 0.573 e. The van der Waals surface area contributed by atoms with Gasteiger partial charge in [-0.2, -0.15) is 4.98 Å². The average Bonchev–Trinajstić information content (AvgIpc) is 2.63.